The van der Waals surface area contributed by atoms with Crippen LogP contribution in [-0.2, 0) is 4.79 Å². The lowest BCUT2D eigenvalue weighted by Crippen LogP contribution is -2.53. The molecule has 1 rings (SSSR count). The van der Waals surface area contributed by atoms with Gasteiger partial charge in [-0.2, -0.15) is 0 Å². The molecule has 92 valence electrons. The molecule has 17 heavy (non-hydrogen) atoms. The van der Waals surface area contributed by atoms with Gasteiger partial charge < -0.3 is 16.8 Å². The second kappa shape index (κ2) is 4.40. The highest BCUT2D eigenvalue weighted by atomic mass is 19.1. The Balaban J connectivity index is 2.91. The fraction of sp³-hybridized carbons (Fsp3) is 0.273. The Labute approximate surface area is 98.0 Å². The molecule has 6 heteroatoms. The maximum Gasteiger partial charge on any atom is 0.252 e. The van der Waals surface area contributed by atoms with Crippen molar-refractivity contribution in [3.63, 3.8) is 0 Å². The Morgan fingerprint density at radius 2 is 1.94 bits per heavy atom. The quantitative estimate of drug-likeness (QED) is 0.666. The Bertz CT molecular complexity index is 472. The van der Waals surface area contributed by atoms with Crippen LogP contribution in [0.4, 0.5) is 10.1 Å². The fourth-order valence-corrected chi connectivity index (χ4v) is 1.09. The van der Waals surface area contributed by atoms with Gasteiger partial charge in [0.05, 0.1) is 5.69 Å². The Kier molecular flexibility index (Phi) is 3.36. The van der Waals surface area contributed by atoms with Crippen LogP contribution in [0.15, 0.2) is 18.2 Å². The normalized spacial score (nSPS) is 11.0. The zero-order valence-electron chi connectivity index (χ0n) is 9.58. The molecule has 0 saturated heterocycles. The molecule has 0 aliphatic heterocycles. The van der Waals surface area contributed by atoms with E-state index in [0.717, 1.165) is 6.07 Å². The zero-order chi connectivity index (χ0) is 13.2. The minimum atomic E-state index is -1.20. The highest BCUT2D eigenvalue weighted by molar-refractivity contribution is 5.98. The van der Waals surface area contributed by atoms with Crippen LogP contribution in [-0.4, -0.2) is 17.4 Å². The average Bonchev–Trinajstić information content (AvgIpc) is 2.21. The van der Waals surface area contributed by atoms with Gasteiger partial charge in [-0.15, -0.1) is 0 Å². The number of anilines is 1. The van der Waals surface area contributed by atoms with Crippen molar-refractivity contribution < 1.29 is 14.0 Å². The second-order valence-electron chi connectivity index (χ2n) is 4.18. The number of primary amides is 1. The minimum absolute atomic E-state index is 0.0456. The molecule has 0 aromatic heterocycles. The number of nitrogens with one attached hydrogen (secondary N) is 1. The Hall–Kier alpha value is -2.11. The van der Waals surface area contributed by atoms with Crippen LogP contribution in [0.5, 0.6) is 0 Å². The molecule has 0 unspecified atom stereocenters. The van der Waals surface area contributed by atoms with Crippen LogP contribution < -0.4 is 16.8 Å². The lowest BCUT2D eigenvalue weighted by molar-refractivity contribution is -0.122. The van der Waals surface area contributed by atoms with Crippen molar-refractivity contribution in [2.75, 3.05) is 5.73 Å². The molecule has 0 heterocycles. The first-order valence-corrected chi connectivity index (χ1v) is 4.91. The molecule has 0 fully saturated rings. The van der Waals surface area contributed by atoms with Gasteiger partial charge in [-0.05, 0) is 32.0 Å². The van der Waals surface area contributed by atoms with E-state index in [-0.39, 0.29) is 11.3 Å². The third-order valence-corrected chi connectivity index (χ3v) is 2.30. The maximum atomic E-state index is 13.1. The van der Waals surface area contributed by atoms with Crippen molar-refractivity contribution in [1.29, 1.82) is 0 Å². The van der Waals surface area contributed by atoms with Gasteiger partial charge in [0.2, 0.25) is 5.91 Å². The highest BCUT2D eigenvalue weighted by Crippen LogP contribution is 2.13. The molecule has 0 saturated carbocycles. The monoisotopic (exact) mass is 239 g/mol. The topological polar surface area (TPSA) is 98.2 Å². The number of carbonyl (C=O) groups is 2. The summed E-state index contributed by atoms with van der Waals surface area (Å²) in [6.45, 7) is 2.92. The molecule has 1 aromatic rings. The molecule has 0 bridgehead atoms. The number of hydrogen-bond donors (Lipinski definition) is 3. The maximum absolute atomic E-state index is 13.1. The number of nitrogen functional groups attached to an aromatic ring is 1. The molecule has 0 radical (unpaired) electrons. The van der Waals surface area contributed by atoms with Gasteiger partial charge in [-0.1, -0.05) is 0 Å². The lowest BCUT2D eigenvalue weighted by atomic mass is 10.0. The van der Waals surface area contributed by atoms with Crippen molar-refractivity contribution >= 4 is 17.5 Å². The molecule has 5 nitrogen and oxygen atoms in total. The van der Waals surface area contributed by atoms with Gasteiger partial charge in [0.25, 0.3) is 5.91 Å². The van der Waals surface area contributed by atoms with Crippen molar-refractivity contribution in [3.8, 4) is 0 Å². The predicted octanol–water partition coefficient (Wildman–Crippen LogP) is 0.402. The van der Waals surface area contributed by atoms with E-state index in [1.54, 1.807) is 0 Å². The van der Waals surface area contributed by atoms with Gasteiger partial charge in [0, 0.05) is 5.56 Å². The number of benzene rings is 1. The lowest BCUT2D eigenvalue weighted by Gasteiger charge is -2.22. The minimum Gasteiger partial charge on any atom is -0.396 e. The first-order chi connectivity index (χ1) is 7.74. The summed E-state index contributed by atoms with van der Waals surface area (Å²) in [5.74, 6) is -1.95. The summed E-state index contributed by atoms with van der Waals surface area (Å²) >= 11 is 0. The molecule has 0 spiro atoms. The largest absolute Gasteiger partial charge is 0.396 e. The van der Waals surface area contributed by atoms with Gasteiger partial charge in [-0.3, -0.25) is 9.59 Å². The van der Waals surface area contributed by atoms with Crippen molar-refractivity contribution in [3.05, 3.63) is 29.6 Å². The van der Waals surface area contributed by atoms with Crippen molar-refractivity contribution in [1.82, 2.24) is 5.32 Å². The number of rotatable bonds is 3. The SMILES string of the molecule is CC(C)(NC(=O)c1ccc(N)c(F)c1)C(N)=O. The first kappa shape index (κ1) is 13.0. The van der Waals surface area contributed by atoms with Gasteiger partial charge in [0.1, 0.15) is 11.4 Å². The summed E-state index contributed by atoms with van der Waals surface area (Å²) in [5.41, 5.74) is 9.22. The standard InChI is InChI=1S/C11H14FN3O2/c1-11(2,10(14)17)15-9(16)6-3-4-8(13)7(12)5-6/h3-5H,13H2,1-2H3,(H2,14,17)(H,15,16). The Morgan fingerprint density at radius 3 is 2.41 bits per heavy atom. The number of halogens is 1. The number of hydrogen-bond acceptors (Lipinski definition) is 3. The number of carbonyl (C=O) groups excluding carboxylic acids is 2. The van der Waals surface area contributed by atoms with Crippen molar-refractivity contribution in [2.24, 2.45) is 5.73 Å². The van der Waals surface area contributed by atoms with Crippen LogP contribution in [0.2, 0.25) is 0 Å². The van der Waals surface area contributed by atoms with E-state index >= 15 is 0 Å². The van der Waals surface area contributed by atoms with Crippen LogP contribution in [0.25, 0.3) is 0 Å². The summed E-state index contributed by atoms with van der Waals surface area (Å²) in [6, 6.07) is 3.65. The van der Waals surface area contributed by atoms with E-state index in [2.05, 4.69) is 5.32 Å². The summed E-state index contributed by atoms with van der Waals surface area (Å²) in [7, 11) is 0. The van der Waals surface area contributed by atoms with Crippen LogP contribution in [0.1, 0.15) is 24.2 Å². The number of amides is 2. The van der Waals surface area contributed by atoms with Crippen LogP contribution >= 0.6 is 0 Å². The van der Waals surface area contributed by atoms with E-state index in [0.29, 0.717) is 0 Å². The van der Waals surface area contributed by atoms with E-state index in [4.69, 9.17) is 11.5 Å². The van der Waals surface area contributed by atoms with E-state index in [9.17, 15) is 14.0 Å². The molecular formula is C11H14FN3O2. The predicted molar refractivity (Wildman–Crippen MR) is 61.6 cm³/mol. The highest BCUT2D eigenvalue weighted by Gasteiger charge is 2.27. The van der Waals surface area contributed by atoms with E-state index < -0.39 is 23.2 Å². The molecule has 2 amide bonds. The second-order valence-corrected chi connectivity index (χ2v) is 4.18. The molecule has 5 N–H and O–H groups in total. The zero-order valence-corrected chi connectivity index (χ0v) is 9.58. The smallest absolute Gasteiger partial charge is 0.252 e. The van der Waals surface area contributed by atoms with Gasteiger partial charge in [0.15, 0.2) is 0 Å². The molecule has 0 aliphatic carbocycles. The average molecular weight is 239 g/mol. The van der Waals surface area contributed by atoms with E-state index in [1.165, 1.54) is 26.0 Å². The Morgan fingerprint density at radius 1 is 1.35 bits per heavy atom. The molecular weight excluding hydrogens is 225 g/mol. The van der Waals surface area contributed by atoms with Gasteiger partial charge in [-0.25, -0.2) is 4.39 Å². The molecule has 0 aliphatic rings. The molecule has 0 atom stereocenters. The van der Waals surface area contributed by atoms with Gasteiger partial charge >= 0.3 is 0 Å². The third-order valence-electron chi connectivity index (χ3n) is 2.30. The van der Waals surface area contributed by atoms with E-state index in [1.807, 2.05) is 0 Å². The molecule has 1 aromatic carbocycles. The summed E-state index contributed by atoms with van der Waals surface area (Å²) < 4.78 is 13.1. The first-order valence-electron chi connectivity index (χ1n) is 4.91. The number of nitrogens with two attached hydrogens (primary N) is 2. The van der Waals surface area contributed by atoms with Crippen LogP contribution in [0.3, 0.4) is 0 Å². The van der Waals surface area contributed by atoms with Crippen LogP contribution in [0, 0.1) is 5.82 Å². The van der Waals surface area contributed by atoms with Crippen molar-refractivity contribution in [2.45, 2.75) is 19.4 Å². The summed E-state index contributed by atoms with van der Waals surface area (Å²) in [5, 5.41) is 2.40. The summed E-state index contributed by atoms with van der Waals surface area (Å²) in [6.07, 6.45) is 0. The third kappa shape index (κ3) is 2.93. The summed E-state index contributed by atoms with van der Waals surface area (Å²) in [4.78, 5) is 22.7. The fourth-order valence-electron chi connectivity index (χ4n) is 1.09.